The van der Waals surface area contributed by atoms with Gasteiger partial charge in [0, 0.05) is 30.7 Å². The second kappa shape index (κ2) is 9.20. The lowest BCUT2D eigenvalue weighted by atomic mass is 10.2. The zero-order chi connectivity index (χ0) is 16.5. The Morgan fingerprint density at radius 1 is 1.00 bits per heavy atom. The number of hydrogen-bond acceptors (Lipinski definition) is 3. The molecule has 0 radical (unpaired) electrons. The van der Waals surface area contributed by atoms with Crippen LogP contribution in [0.25, 0.3) is 0 Å². The Labute approximate surface area is 133 Å². The van der Waals surface area contributed by atoms with E-state index in [2.05, 4.69) is 43.2 Å². The van der Waals surface area contributed by atoms with Gasteiger partial charge in [0.25, 0.3) is 5.91 Å². The minimum Gasteiger partial charge on any atom is -0.353 e. The number of rotatable bonds is 8. The van der Waals surface area contributed by atoms with Crippen LogP contribution in [0.3, 0.4) is 0 Å². The molecule has 1 rings (SSSR count). The van der Waals surface area contributed by atoms with E-state index in [1.165, 1.54) is 0 Å². The molecule has 0 atom stereocenters. The van der Waals surface area contributed by atoms with E-state index in [9.17, 15) is 9.59 Å². The van der Waals surface area contributed by atoms with Crippen molar-refractivity contribution in [3.8, 4) is 0 Å². The third kappa shape index (κ3) is 6.26. The third-order valence-electron chi connectivity index (χ3n) is 3.46. The highest BCUT2D eigenvalue weighted by atomic mass is 16.2. The second-order valence-electron chi connectivity index (χ2n) is 5.82. The van der Waals surface area contributed by atoms with E-state index in [4.69, 9.17) is 0 Å². The van der Waals surface area contributed by atoms with Crippen LogP contribution in [0.2, 0.25) is 0 Å². The van der Waals surface area contributed by atoms with Crippen LogP contribution in [-0.4, -0.2) is 48.4 Å². The van der Waals surface area contributed by atoms with Crippen LogP contribution in [0.4, 0.5) is 0 Å². The molecule has 5 nitrogen and oxygen atoms in total. The molecule has 0 aromatic heterocycles. The molecule has 2 amide bonds. The van der Waals surface area contributed by atoms with E-state index in [0.29, 0.717) is 24.2 Å². The maximum absolute atomic E-state index is 11.8. The maximum atomic E-state index is 11.8. The molecule has 0 aliphatic rings. The van der Waals surface area contributed by atoms with Crippen molar-refractivity contribution in [2.45, 2.75) is 39.8 Å². The molecule has 0 aliphatic carbocycles. The molecule has 5 heteroatoms. The minimum atomic E-state index is -0.235. The van der Waals surface area contributed by atoms with Gasteiger partial charge in [0.2, 0.25) is 5.91 Å². The fourth-order valence-electron chi connectivity index (χ4n) is 2.35. The molecule has 2 N–H and O–H groups in total. The molecule has 0 heterocycles. The largest absolute Gasteiger partial charge is 0.353 e. The molecule has 0 bridgehead atoms. The number of amides is 2. The molecule has 1 aromatic carbocycles. The van der Waals surface area contributed by atoms with Crippen LogP contribution < -0.4 is 10.6 Å². The Morgan fingerprint density at radius 2 is 1.59 bits per heavy atom. The summed E-state index contributed by atoms with van der Waals surface area (Å²) in [6.07, 6.45) is 0. The van der Waals surface area contributed by atoms with E-state index in [0.717, 1.165) is 6.54 Å². The first-order valence-electron chi connectivity index (χ1n) is 7.77. The van der Waals surface area contributed by atoms with Crippen molar-refractivity contribution in [2.24, 2.45) is 0 Å². The second-order valence-corrected chi connectivity index (χ2v) is 5.82. The highest BCUT2D eigenvalue weighted by Crippen LogP contribution is 2.03. The van der Waals surface area contributed by atoms with Gasteiger partial charge >= 0.3 is 0 Å². The summed E-state index contributed by atoms with van der Waals surface area (Å²) in [5.41, 5.74) is 0.557. The fourth-order valence-corrected chi connectivity index (χ4v) is 2.35. The smallest absolute Gasteiger partial charge is 0.251 e. The van der Waals surface area contributed by atoms with Crippen molar-refractivity contribution in [3.05, 3.63) is 35.9 Å². The molecule has 0 unspecified atom stereocenters. The number of benzene rings is 1. The van der Waals surface area contributed by atoms with Crippen LogP contribution in [0.1, 0.15) is 38.1 Å². The lowest BCUT2D eigenvalue weighted by Crippen LogP contribution is -2.44. The molecule has 1 aromatic rings. The molecule has 0 saturated heterocycles. The first-order chi connectivity index (χ1) is 10.4. The van der Waals surface area contributed by atoms with Gasteiger partial charge in [-0.3, -0.25) is 14.5 Å². The highest BCUT2D eigenvalue weighted by molar-refractivity contribution is 5.96. The first kappa shape index (κ1) is 18.2. The van der Waals surface area contributed by atoms with E-state index in [1.54, 1.807) is 24.3 Å². The summed E-state index contributed by atoms with van der Waals surface area (Å²) in [7, 11) is 0. The number of nitrogens with one attached hydrogen (secondary N) is 2. The zero-order valence-corrected chi connectivity index (χ0v) is 13.9. The summed E-state index contributed by atoms with van der Waals surface area (Å²) in [5.74, 6) is -0.404. The Morgan fingerprint density at radius 3 is 2.14 bits per heavy atom. The number of hydrogen-bond donors (Lipinski definition) is 2. The summed E-state index contributed by atoms with van der Waals surface area (Å²) in [5, 5.41) is 5.45. The standard InChI is InChI=1S/C17H27N3O2/c1-13(2)20(14(3)4)11-10-18-16(21)12-19-17(22)15-8-6-5-7-9-15/h5-9,13-14H,10-12H2,1-4H3,(H,18,21)(H,19,22). The molecular formula is C17H27N3O2. The van der Waals surface area contributed by atoms with Gasteiger partial charge in [-0.25, -0.2) is 0 Å². The lowest BCUT2D eigenvalue weighted by Gasteiger charge is -2.30. The van der Waals surface area contributed by atoms with Crippen molar-refractivity contribution >= 4 is 11.8 Å². The normalized spacial score (nSPS) is 11.0. The minimum absolute atomic E-state index is 0.00289. The molecule has 0 spiro atoms. The third-order valence-corrected chi connectivity index (χ3v) is 3.46. The Balaban J connectivity index is 2.28. The van der Waals surface area contributed by atoms with Gasteiger partial charge in [0.1, 0.15) is 0 Å². The van der Waals surface area contributed by atoms with E-state index in [1.807, 2.05) is 6.07 Å². The van der Waals surface area contributed by atoms with Crippen LogP contribution in [0.15, 0.2) is 30.3 Å². The first-order valence-corrected chi connectivity index (χ1v) is 7.77. The van der Waals surface area contributed by atoms with Gasteiger partial charge in [-0.05, 0) is 39.8 Å². The van der Waals surface area contributed by atoms with E-state index < -0.39 is 0 Å². The Kier molecular flexibility index (Phi) is 7.60. The van der Waals surface area contributed by atoms with E-state index in [-0.39, 0.29) is 18.4 Å². The van der Waals surface area contributed by atoms with Crippen LogP contribution >= 0.6 is 0 Å². The maximum Gasteiger partial charge on any atom is 0.251 e. The fraction of sp³-hybridized carbons (Fsp3) is 0.529. The molecule has 22 heavy (non-hydrogen) atoms. The molecule has 0 aliphatic heterocycles. The zero-order valence-electron chi connectivity index (χ0n) is 13.9. The van der Waals surface area contributed by atoms with Crippen LogP contribution in [-0.2, 0) is 4.79 Å². The predicted octanol–water partition coefficient (Wildman–Crippen LogP) is 1.65. The summed E-state index contributed by atoms with van der Waals surface area (Å²) >= 11 is 0. The van der Waals surface area contributed by atoms with Gasteiger partial charge < -0.3 is 10.6 Å². The Bertz CT molecular complexity index is 464. The quantitative estimate of drug-likeness (QED) is 0.768. The Hall–Kier alpha value is -1.88. The number of nitrogens with zero attached hydrogens (tertiary/aromatic N) is 1. The van der Waals surface area contributed by atoms with Gasteiger partial charge in [-0.2, -0.15) is 0 Å². The van der Waals surface area contributed by atoms with Crippen molar-refractivity contribution in [1.29, 1.82) is 0 Å². The number of carbonyl (C=O) groups is 2. The van der Waals surface area contributed by atoms with Crippen molar-refractivity contribution in [3.63, 3.8) is 0 Å². The summed E-state index contributed by atoms with van der Waals surface area (Å²) in [4.78, 5) is 25.9. The molecule has 0 fully saturated rings. The van der Waals surface area contributed by atoms with Gasteiger partial charge in [-0.15, -0.1) is 0 Å². The average Bonchev–Trinajstić information content (AvgIpc) is 2.49. The van der Waals surface area contributed by atoms with Crippen molar-refractivity contribution in [2.75, 3.05) is 19.6 Å². The van der Waals surface area contributed by atoms with Crippen molar-refractivity contribution < 1.29 is 9.59 Å². The summed E-state index contributed by atoms with van der Waals surface area (Å²) < 4.78 is 0. The monoisotopic (exact) mass is 305 g/mol. The molecule has 122 valence electrons. The topological polar surface area (TPSA) is 61.4 Å². The number of carbonyl (C=O) groups excluding carboxylic acids is 2. The summed E-state index contributed by atoms with van der Waals surface area (Å²) in [6.45, 7) is 9.94. The van der Waals surface area contributed by atoms with Crippen LogP contribution in [0, 0.1) is 0 Å². The van der Waals surface area contributed by atoms with Crippen molar-refractivity contribution in [1.82, 2.24) is 15.5 Å². The van der Waals surface area contributed by atoms with Crippen LogP contribution in [0.5, 0.6) is 0 Å². The van der Waals surface area contributed by atoms with Gasteiger partial charge in [-0.1, -0.05) is 18.2 Å². The molecular weight excluding hydrogens is 278 g/mol. The SMILES string of the molecule is CC(C)N(CCNC(=O)CNC(=O)c1ccccc1)C(C)C. The van der Waals surface area contributed by atoms with Gasteiger partial charge in [0.05, 0.1) is 6.54 Å². The van der Waals surface area contributed by atoms with E-state index >= 15 is 0 Å². The average molecular weight is 305 g/mol. The molecule has 0 saturated carbocycles. The lowest BCUT2D eigenvalue weighted by molar-refractivity contribution is -0.120. The summed E-state index contributed by atoms with van der Waals surface area (Å²) in [6, 6.07) is 9.75. The highest BCUT2D eigenvalue weighted by Gasteiger charge is 2.13. The van der Waals surface area contributed by atoms with Gasteiger partial charge in [0.15, 0.2) is 0 Å². The predicted molar refractivity (Wildman–Crippen MR) is 88.8 cm³/mol.